The number of carbonyl (C=O) groups is 1. The van der Waals surface area contributed by atoms with E-state index < -0.39 is 0 Å². The fraction of sp³-hybridized carbons (Fsp3) is 0.824. The largest absolute Gasteiger partial charge is 0.378 e. The number of hydrogen-bond donors (Lipinski definition) is 0. The number of rotatable bonds is 4. The van der Waals surface area contributed by atoms with Gasteiger partial charge < -0.3 is 19.1 Å². The summed E-state index contributed by atoms with van der Waals surface area (Å²) in [6.07, 6.45) is 5.18. The van der Waals surface area contributed by atoms with Gasteiger partial charge in [0.05, 0.1) is 13.2 Å². The van der Waals surface area contributed by atoms with Gasteiger partial charge in [0, 0.05) is 44.9 Å². The lowest BCUT2D eigenvalue weighted by Crippen LogP contribution is -2.42. The molecule has 0 unspecified atom stereocenters. The Balaban J connectivity index is 1.23. The number of ether oxygens (including phenoxy) is 1. The van der Waals surface area contributed by atoms with Crippen LogP contribution in [0.3, 0.4) is 0 Å². The van der Waals surface area contributed by atoms with Crippen LogP contribution in [0.1, 0.15) is 43.3 Å². The third-order valence-electron chi connectivity index (χ3n) is 5.60. The minimum absolute atomic E-state index is 0.274. The molecule has 3 aliphatic rings. The van der Waals surface area contributed by atoms with Crippen LogP contribution in [0.15, 0.2) is 0 Å². The summed E-state index contributed by atoms with van der Waals surface area (Å²) in [6, 6.07) is 0. The average molecular weight is 333 g/mol. The Labute approximate surface area is 143 Å². The number of fused-ring (bicyclic) bond motifs is 1. The van der Waals surface area contributed by atoms with Crippen LogP contribution in [-0.2, 0) is 22.5 Å². The minimum Gasteiger partial charge on any atom is -0.378 e. The number of aryl methyl sites for hydroxylation is 1. The van der Waals surface area contributed by atoms with Gasteiger partial charge in [0.2, 0.25) is 5.91 Å². The van der Waals surface area contributed by atoms with Gasteiger partial charge in [0.15, 0.2) is 0 Å². The predicted molar refractivity (Wildman–Crippen MR) is 88.8 cm³/mol. The monoisotopic (exact) mass is 333 g/mol. The van der Waals surface area contributed by atoms with Gasteiger partial charge >= 0.3 is 0 Å². The highest BCUT2D eigenvalue weighted by atomic mass is 16.5. The molecule has 0 bridgehead atoms. The highest BCUT2D eigenvalue weighted by Gasteiger charge is 2.28. The zero-order valence-corrected chi connectivity index (χ0v) is 14.3. The third-order valence-corrected chi connectivity index (χ3v) is 5.60. The molecule has 1 aromatic rings. The van der Waals surface area contributed by atoms with E-state index in [0.717, 1.165) is 58.5 Å². The van der Waals surface area contributed by atoms with Crippen molar-refractivity contribution in [2.24, 2.45) is 0 Å². The van der Waals surface area contributed by atoms with Crippen molar-refractivity contribution in [3.63, 3.8) is 0 Å². The zero-order valence-electron chi connectivity index (χ0n) is 14.3. The van der Waals surface area contributed by atoms with Crippen LogP contribution in [0, 0.1) is 0 Å². The Morgan fingerprint density at radius 1 is 1.08 bits per heavy atom. The second kappa shape index (κ2) is 7.19. The van der Waals surface area contributed by atoms with Gasteiger partial charge in [-0.25, -0.2) is 0 Å². The number of nitrogens with zero attached hydrogens (tertiary/aromatic N) is 5. The molecule has 0 aromatic carbocycles. The van der Waals surface area contributed by atoms with E-state index in [1.54, 1.807) is 0 Å². The molecule has 2 fully saturated rings. The molecule has 1 amide bonds. The maximum Gasteiger partial charge on any atom is 0.224 e. The molecule has 0 saturated carbocycles. The van der Waals surface area contributed by atoms with Crippen LogP contribution in [-0.4, -0.2) is 76.4 Å². The lowest BCUT2D eigenvalue weighted by atomic mass is 9.95. The molecule has 7 heteroatoms. The van der Waals surface area contributed by atoms with Crippen molar-refractivity contribution < 1.29 is 9.53 Å². The number of hydrogen-bond acceptors (Lipinski definition) is 5. The smallest absolute Gasteiger partial charge is 0.224 e. The Morgan fingerprint density at radius 3 is 2.67 bits per heavy atom. The molecule has 0 spiro atoms. The highest BCUT2D eigenvalue weighted by molar-refractivity contribution is 5.76. The van der Waals surface area contributed by atoms with Gasteiger partial charge in [-0.1, -0.05) is 0 Å². The summed E-state index contributed by atoms with van der Waals surface area (Å²) in [7, 11) is 0. The average Bonchev–Trinajstić information content (AvgIpc) is 3.24. The van der Waals surface area contributed by atoms with E-state index in [0.29, 0.717) is 25.6 Å². The Bertz CT molecular complexity index is 574. The first kappa shape index (κ1) is 16.0. The number of morpholine rings is 1. The van der Waals surface area contributed by atoms with Gasteiger partial charge in [-0.3, -0.25) is 4.79 Å². The molecule has 132 valence electrons. The Morgan fingerprint density at radius 2 is 1.88 bits per heavy atom. The van der Waals surface area contributed by atoms with E-state index in [9.17, 15) is 4.79 Å². The lowest BCUT2D eigenvalue weighted by Gasteiger charge is -2.32. The second-order valence-corrected chi connectivity index (χ2v) is 7.09. The van der Waals surface area contributed by atoms with Crippen LogP contribution in [0.25, 0.3) is 0 Å². The number of likely N-dealkylation sites (tertiary alicyclic amines) is 1. The summed E-state index contributed by atoms with van der Waals surface area (Å²) in [5, 5.41) is 8.78. The van der Waals surface area contributed by atoms with Crippen LogP contribution >= 0.6 is 0 Å². The molecular weight excluding hydrogens is 306 g/mol. The van der Waals surface area contributed by atoms with Gasteiger partial charge in [0.25, 0.3) is 0 Å². The Hall–Kier alpha value is -1.47. The first-order valence-electron chi connectivity index (χ1n) is 9.31. The normalized spacial score (nSPS) is 22.8. The van der Waals surface area contributed by atoms with Gasteiger partial charge in [-0.2, -0.15) is 0 Å². The highest BCUT2D eigenvalue weighted by Crippen LogP contribution is 2.29. The standard InChI is InChI=1S/C17H27N5O2/c23-16(21-10-12-24-13-11-21)5-9-20-7-3-14(4-8-20)17-19-18-15-2-1-6-22(15)17/h14H,1-13H2. The summed E-state index contributed by atoms with van der Waals surface area (Å²) in [5.74, 6) is 3.18. The van der Waals surface area contributed by atoms with Crippen molar-refractivity contribution in [2.45, 2.75) is 44.6 Å². The molecule has 2 saturated heterocycles. The molecular formula is C17H27N5O2. The maximum atomic E-state index is 12.2. The maximum absolute atomic E-state index is 12.2. The molecule has 3 aliphatic heterocycles. The first-order valence-corrected chi connectivity index (χ1v) is 9.31. The zero-order chi connectivity index (χ0) is 16.4. The van der Waals surface area contributed by atoms with E-state index in [1.807, 2.05) is 4.90 Å². The molecule has 4 heterocycles. The number of aromatic nitrogens is 3. The first-order chi connectivity index (χ1) is 11.8. The SMILES string of the molecule is O=C(CCN1CCC(c2nnc3n2CCC3)CC1)N1CCOCC1. The van der Waals surface area contributed by atoms with Crippen molar-refractivity contribution >= 4 is 5.91 Å². The fourth-order valence-corrected chi connectivity index (χ4v) is 4.11. The van der Waals surface area contributed by atoms with E-state index in [2.05, 4.69) is 19.7 Å². The van der Waals surface area contributed by atoms with Crippen LogP contribution in [0.5, 0.6) is 0 Å². The minimum atomic E-state index is 0.274. The van der Waals surface area contributed by atoms with Crippen molar-refractivity contribution in [1.29, 1.82) is 0 Å². The molecule has 24 heavy (non-hydrogen) atoms. The summed E-state index contributed by atoms with van der Waals surface area (Å²) in [6.45, 7) is 6.94. The summed E-state index contributed by atoms with van der Waals surface area (Å²) in [5.41, 5.74) is 0. The van der Waals surface area contributed by atoms with Gasteiger partial charge in [-0.05, 0) is 32.4 Å². The van der Waals surface area contributed by atoms with Crippen molar-refractivity contribution in [1.82, 2.24) is 24.6 Å². The second-order valence-electron chi connectivity index (χ2n) is 7.09. The molecule has 0 aliphatic carbocycles. The number of amides is 1. The predicted octanol–water partition coefficient (Wildman–Crippen LogP) is 0.653. The molecule has 4 rings (SSSR count). The fourth-order valence-electron chi connectivity index (χ4n) is 4.11. The van der Waals surface area contributed by atoms with Crippen molar-refractivity contribution in [2.75, 3.05) is 45.9 Å². The number of carbonyl (C=O) groups excluding carboxylic acids is 1. The summed E-state index contributed by atoms with van der Waals surface area (Å²) < 4.78 is 7.64. The van der Waals surface area contributed by atoms with Gasteiger partial charge in [-0.15, -0.1) is 10.2 Å². The lowest BCUT2D eigenvalue weighted by molar-refractivity contribution is -0.135. The van der Waals surface area contributed by atoms with Crippen molar-refractivity contribution in [3.05, 3.63) is 11.6 Å². The van der Waals surface area contributed by atoms with Gasteiger partial charge in [0.1, 0.15) is 11.6 Å². The van der Waals surface area contributed by atoms with Crippen molar-refractivity contribution in [3.8, 4) is 0 Å². The van der Waals surface area contributed by atoms with E-state index in [-0.39, 0.29) is 5.91 Å². The van der Waals surface area contributed by atoms with Crippen LogP contribution in [0.4, 0.5) is 0 Å². The van der Waals surface area contributed by atoms with E-state index >= 15 is 0 Å². The Kier molecular flexibility index (Phi) is 4.80. The molecule has 1 aromatic heterocycles. The number of piperidine rings is 1. The topological polar surface area (TPSA) is 63.5 Å². The van der Waals surface area contributed by atoms with E-state index in [1.165, 1.54) is 18.1 Å². The summed E-state index contributed by atoms with van der Waals surface area (Å²) >= 11 is 0. The third kappa shape index (κ3) is 3.32. The molecule has 7 nitrogen and oxygen atoms in total. The van der Waals surface area contributed by atoms with Crippen LogP contribution < -0.4 is 0 Å². The van der Waals surface area contributed by atoms with E-state index in [4.69, 9.17) is 4.74 Å². The molecule has 0 atom stereocenters. The molecule has 0 radical (unpaired) electrons. The quantitative estimate of drug-likeness (QED) is 0.810. The molecule has 0 N–H and O–H groups in total. The summed E-state index contributed by atoms with van der Waals surface area (Å²) in [4.78, 5) is 16.6. The van der Waals surface area contributed by atoms with Crippen LogP contribution in [0.2, 0.25) is 0 Å².